The van der Waals surface area contributed by atoms with Crippen molar-refractivity contribution in [3.05, 3.63) is 108 Å². The van der Waals surface area contributed by atoms with Crippen LogP contribution >= 0.6 is 0 Å². The monoisotopic (exact) mass is 388 g/mol. The van der Waals surface area contributed by atoms with Gasteiger partial charge in [0.25, 0.3) is 0 Å². The van der Waals surface area contributed by atoms with E-state index >= 15 is 0 Å². The quantitative estimate of drug-likeness (QED) is 0.564. The zero-order valence-corrected chi connectivity index (χ0v) is 16.3. The van der Waals surface area contributed by atoms with E-state index in [1.807, 2.05) is 91.0 Å². The summed E-state index contributed by atoms with van der Waals surface area (Å²) < 4.78 is 18.1. The molecule has 4 heteroatoms. The molecule has 0 unspecified atom stereocenters. The summed E-state index contributed by atoms with van der Waals surface area (Å²) in [4.78, 5) is 12.1. The van der Waals surface area contributed by atoms with E-state index in [0.29, 0.717) is 0 Å². The van der Waals surface area contributed by atoms with Gasteiger partial charge >= 0.3 is 5.97 Å². The molecule has 4 nitrogen and oxygen atoms in total. The molecule has 0 radical (unpaired) electrons. The first-order valence-electron chi connectivity index (χ1n) is 9.79. The summed E-state index contributed by atoms with van der Waals surface area (Å²) in [6.45, 7) is 0. The zero-order valence-electron chi connectivity index (χ0n) is 16.3. The number of rotatable bonds is 5. The molecule has 0 spiro atoms. The molecule has 4 atom stereocenters. The Labute approximate surface area is 171 Å². The molecule has 0 aromatic heterocycles. The summed E-state index contributed by atoms with van der Waals surface area (Å²) in [5.74, 6) is -0.315. The first kappa shape index (κ1) is 19.4. The van der Waals surface area contributed by atoms with Crippen molar-refractivity contribution >= 4 is 5.97 Å². The number of carbonyl (C=O) groups excluding carboxylic acids is 1. The molecule has 3 aromatic rings. The second-order valence-corrected chi connectivity index (χ2v) is 7.08. The molecule has 1 fully saturated rings. The van der Waals surface area contributed by atoms with Gasteiger partial charge in [0.15, 0.2) is 0 Å². The Morgan fingerprint density at radius 2 is 1.10 bits per heavy atom. The van der Waals surface area contributed by atoms with E-state index in [-0.39, 0.29) is 30.7 Å². The van der Waals surface area contributed by atoms with Gasteiger partial charge in [-0.15, -0.1) is 0 Å². The number of hydrogen-bond donors (Lipinski definition) is 0. The third kappa shape index (κ3) is 4.39. The van der Waals surface area contributed by atoms with E-state index in [2.05, 4.69) is 0 Å². The van der Waals surface area contributed by atoms with Crippen LogP contribution in [0.5, 0.6) is 0 Å². The molecular weight excluding hydrogens is 364 g/mol. The summed E-state index contributed by atoms with van der Waals surface area (Å²) in [6, 6.07) is 30.0. The van der Waals surface area contributed by atoms with Gasteiger partial charge in [-0.05, 0) is 16.7 Å². The molecule has 0 saturated carbocycles. The lowest BCUT2D eigenvalue weighted by Crippen LogP contribution is -2.38. The standard InChI is InChI=1S/C25H24O4/c1-27-22(26)17-21-23(18-11-5-2-6-12-18)29-25(20-15-9-4-10-16-20)24(28-21)19-13-7-3-8-14-19/h2-16,21,23-25H,17H2,1H3/t21-,23+,24-,25-/m1/s1. The van der Waals surface area contributed by atoms with E-state index in [9.17, 15) is 4.79 Å². The maximum atomic E-state index is 12.1. The van der Waals surface area contributed by atoms with E-state index in [1.54, 1.807) is 0 Å². The average molecular weight is 388 g/mol. The summed E-state index contributed by atoms with van der Waals surface area (Å²) >= 11 is 0. The molecule has 0 N–H and O–H groups in total. The third-order valence-electron chi connectivity index (χ3n) is 5.21. The zero-order chi connectivity index (χ0) is 20.1. The Morgan fingerprint density at radius 1 is 0.690 bits per heavy atom. The van der Waals surface area contributed by atoms with Crippen molar-refractivity contribution in [3.63, 3.8) is 0 Å². The normalized spacial score (nSPS) is 24.0. The van der Waals surface area contributed by atoms with Crippen LogP contribution in [0, 0.1) is 0 Å². The van der Waals surface area contributed by atoms with Crippen LogP contribution in [0.2, 0.25) is 0 Å². The second-order valence-electron chi connectivity index (χ2n) is 7.08. The number of carbonyl (C=O) groups is 1. The highest BCUT2D eigenvalue weighted by Crippen LogP contribution is 2.46. The molecule has 0 amide bonds. The summed E-state index contributed by atoms with van der Waals surface area (Å²) in [5.41, 5.74) is 3.04. The first-order chi connectivity index (χ1) is 14.3. The van der Waals surface area contributed by atoms with Crippen LogP contribution in [0.1, 0.15) is 41.4 Å². The van der Waals surface area contributed by atoms with E-state index in [1.165, 1.54) is 7.11 Å². The van der Waals surface area contributed by atoms with Crippen LogP contribution in [-0.2, 0) is 19.0 Å². The van der Waals surface area contributed by atoms with Gasteiger partial charge in [0.2, 0.25) is 0 Å². The van der Waals surface area contributed by atoms with Crippen molar-refractivity contribution in [1.82, 2.24) is 0 Å². The van der Waals surface area contributed by atoms with Crippen LogP contribution in [0.3, 0.4) is 0 Å². The highest BCUT2D eigenvalue weighted by atomic mass is 16.6. The molecule has 1 aliphatic rings. The minimum absolute atomic E-state index is 0.126. The summed E-state index contributed by atoms with van der Waals surface area (Å²) in [7, 11) is 1.39. The number of methoxy groups -OCH3 is 1. The Morgan fingerprint density at radius 3 is 1.55 bits per heavy atom. The Balaban J connectivity index is 1.74. The number of hydrogen-bond acceptors (Lipinski definition) is 4. The molecule has 1 saturated heterocycles. The molecule has 4 rings (SSSR count). The van der Waals surface area contributed by atoms with Crippen molar-refractivity contribution in [1.29, 1.82) is 0 Å². The summed E-state index contributed by atoms with van der Waals surface area (Å²) in [5, 5.41) is 0. The van der Waals surface area contributed by atoms with Gasteiger partial charge in [-0.25, -0.2) is 0 Å². The second kappa shape index (κ2) is 9.03. The Hall–Kier alpha value is -2.95. The maximum absolute atomic E-state index is 12.1. The van der Waals surface area contributed by atoms with Gasteiger partial charge in [0.1, 0.15) is 18.3 Å². The van der Waals surface area contributed by atoms with Gasteiger partial charge in [-0.1, -0.05) is 91.0 Å². The predicted molar refractivity (Wildman–Crippen MR) is 110 cm³/mol. The number of ether oxygens (including phenoxy) is 3. The van der Waals surface area contributed by atoms with Crippen molar-refractivity contribution in [2.45, 2.75) is 30.8 Å². The van der Waals surface area contributed by atoms with Crippen molar-refractivity contribution in [3.8, 4) is 0 Å². The van der Waals surface area contributed by atoms with Crippen LogP contribution in [0.15, 0.2) is 91.0 Å². The Kier molecular flexibility index (Phi) is 6.03. The fourth-order valence-electron chi connectivity index (χ4n) is 3.78. The van der Waals surface area contributed by atoms with Crippen molar-refractivity contribution in [2.75, 3.05) is 7.11 Å². The van der Waals surface area contributed by atoms with E-state index in [0.717, 1.165) is 16.7 Å². The van der Waals surface area contributed by atoms with Gasteiger partial charge in [0.05, 0.1) is 19.6 Å². The minimum atomic E-state index is -0.449. The lowest BCUT2D eigenvalue weighted by molar-refractivity contribution is -0.232. The number of benzene rings is 3. The molecular formula is C25H24O4. The smallest absolute Gasteiger partial charge is 0.308 e. The molecule has 1 aliphatic heterocycles. The summed E-state index contributed by atoms with van der Waals surface area (Å²) in [6.07, 6.45) is -1.32. The van der Waals surface area contributed by atoms with Crippen molar-refractivity contribution in [2.24, 2.45) is 0 Å². The molecule has 1 heterocycles. The Bertz CT molecular complexity index is 911. The topological polar surface area (TPSA) is 44.8 Å². The fourth-order valence-corrected chi connectivity index (χ4v) is 3.78. The molecule has 0 bridgehead atoms. The molecule has 148 valence electrons. The lowest BCUT2D eigenvalue weighted by atomic mass is 9.92. The van der Waals surface area contributed by atoms with Crippen LogP contribution in [0.4, 0.5) is 0 Å². The van der Waals surface area contributed by atoms with Crippen LogP contribution < -0.4 is 0 Å². The van der Waals surface area contributed by atoms with Crippen LogP contribution in [-0.4, -0.2) is 19.2 Å². The fraction of sp³-hybridized carbons (Fsp3) is 0.240. The maximum Gasteiger partial charge on any atom is 0.308 e. The van der Waals surface area contributed by atoms with Gasteiger partial charge < -0.3 is 14.2 Å². The largest absolute Gasteiger partial charge is 0.469 e. The highest BCUT2D eigenvalue weighted by molar-refractivity contribution is 5.70. The SMILES string of the molecule is COC(=O)C[C@H]1O[C@H](c2ccccc2)[C@@H](c2ccccc2)O[C@H]1c1ccccc1. The number of esters is 1. The van der Waals surface area contributed by atoms with E-state index < -0.39 is 6.10 Å². The van der Waals surface area contributed by atoms with E-state index in [4.69, 9.17) is 14.2 Å². The first-order valence-corrected chi connectivity index (χ1v) is 9.79. The molecule has 29 heavy (non-hydrogen) atoms. The van der Waals surface area contributed by atoms with Crippen LogP contribution in [0.25, 0.3) is 0 Å². The highest BCUT2D eigenvalue weighted by Gasteiger charge is 2.42. The molecule has 3 aromatic carbocycles. The van der Waals surface area contributed by atoms with Gasteiger partial charge in [-0.2, -0.15) is 0 Å². The van der Waals surface area contributed by atoms with Crippen molar-refractivity contribution < 1.29 is 19.0 Å². The molecule has 0 aliphatic carbocycles. The van der Waals surface area contributed by atoms with Gasteiger partial charge in [-0.3, -0.25) is 4.79 Å². The third-order valence-corrected chi connectivity index (χ3v) is 5.21. The lowest BCUT2D eigenvalue weighted by Gasteiger charge is -2.42. The van der Waals surface area contributed by atoms with Gasteiger partial charge in [0, 0.05) is 0 Å². The predicted octanol–water partition coefficient (Wildman–Crippen LogP) is 5.19. The minimum Gasteiger partial charge on any atom is -0.469 e. The average Bonchev–Trinajstić information content (AvgIpc) is 2.80.